The van der Waals surface area contributed by atoms with E-state index < -0.39 is 0 Å². The molecule has 11 heteroatoms. The summed E-state index contributed by atoms with van der Waals surface area (Å²) in [7, 11) is 4.94. The number of guanidine groups is 1. The molecule has 0 radical (unpaired) electrons. The summed E-state index contributed by atoms with van der Waals surface area (Å²) in [4.78, 5) is 21.0. The Bertz CT molecular complexity index is 887. The summed E-state index contributed by atoms with van der Waals surface area (Å²) in [5, 5.41) is 14.0. The van der Waals surface area contributed by atoms with Gasteiger partial charge in [-0.3, -0.25) is 9.79 Å². The standard InChI is InChI=1S/C20H29N7O3.HI/c1-21-20(23-10-9-22-19(28)14-5-4-6-16(11-14)30-3)24-15-7-8-18-25-17(13-29-2)26-27(18)12-15;/h4-6,11,15H,7-10,12-13H2,1-3H3,(H,22,28)(H2,21,23,24);1H. The molecule has 10 nitrogen and oxygen atoms in total. The zero-order valence-electron chi connectivity index (χ0n) is 18.1. The first-order valence-corrected chi connectivity index (χ1v) is 9.94. The number of aliphatic imine (C=N–C) groups is 1. The second-order valence-corrected chi connectivity index (χ2v) is 6.93. The van der Waals surface area contributed by atoms with E-state index in [0.717, 1.165) is 25.2 Å². The van der Waals surface area contributed by atoms with Crippen LogP contribution in [0, 0.1) is 0 Å². The Hall–Kier alpha value is -2.41. The molecule has 1 aromatic heterocycles. The van der Waals surface area contributed by atoms with E-state index in [1.807, 2.05) is 4.68 Å². The van der Waals surface area contributed by atoms with Gasteiger partial charge in [-0.05, 0) is 24.6 Å². The predicted octanol–water partition coefficient (Wildman–Crippen LogP) is 0.961. The van der Waals surface area contributed by atoms with E-state index in [4.69, 9.17) is 9.47 Å². The maximum atomic E-state index is 12.2. The predicted molar refractivity (Wildman–Crippen MR) is 128 cm³/mol. The van der Waals surface area contributed by atoms with Gasteiger partial charge in [0.2, 0.25) is 0 Å². The third-order valence-corrected chi connectivity index (χ3v) is 4.77. The maximum absolute atomic E-state index is 12.2. The fourth-order valence-corrected chi connectivity index (χ4v) is 3.28. The van der Waals surface area contributed by atoms with Gasteiger partial charge in [0.05, 0.1) is 13.7 Å². The van der Waals surface area contributed by atoms with Gasteiger partial charge >= 0.3 is 0 Å². The van der Waals surface area contributed by atoms with Gasteiger partial charge in [0.1, 0.15) is 18.2 Å². The minimum absolute atomic E-state index is 0. The lowest BCUT2D eigenvalue weighted by atomic mass is 10.1. The molecular formula is C20H30IN7O3. The van der Waals surface area contributed by atoms with Crippen molar-refractivity contribution in [3.63, 3.8) is 0 Å². The van der Waals surface area contributed by atoms with Crippen molar-refractivity contribution < 1.29 is 14.3 Å². The molecule has 0 saturated carbocycles. The number of aryl methyl sites for hydroxylation is 1. The SMILES string of the molecule is CN=C(NCCNC(=O)c1cccc(OC)c1)NC1CCc2nc(COC)nn2C1.I. The fraction of sp³-hybridized carbons (Fsp3) is 0.500. The molecule has 1 aromatic carbocycles. The summed E-state index contributed by atoms with van der Waals surface area (Å²) in [5.41, 5.74) is 0.565. The number of benzene rings is 1. The molecule has 3 N–H and O–H groups in total. The highest BCUT2D eigenvalue weighted by Crippen LogP contribution is 2.14. The molecule has 2 aromatic rings. The lowest BCUT2D eigenvalue weighted by Crippen LogP contribution is -2.48. The molecule has 0 spiro atoms. The van der Waals surface area contributed by atoms with E-state index in [2.05, 4.69) is 31.0 Å². The van der Waals surface area contributed by atoms with Crippen LogP contribution in [-0.4, -0.2) is 67.0 Å². The molecule has 31 heavy (non-hydrogen) atoms. The zero-order chi connectivity index (χ0) is 21.3. The molecule has 1 unspecified atom stereocenters. The Labute approximate surface area is 199 Å². The van der Waals surface area contributed by atoms with E-state index >= 15 is 0 Å². The van der Waals surface area contributed by atoms with Crippen molar-refractivity contribution in [3.05, 3.63) is 41.5 Å². The third-order valence-electron chi connectivity index (χ3n) is 4.77. The number of amides is 1. The molecule has 0 fully saturated rings. The second kappa shape index (κ2) is 12.4. The number of halogens is 1. The Morgan fingerprint density at radius 2 is 2.10 bits per heavy atom. The van der Waals surface area contributed by atoms with Gasteiger partial charge in [-0.15, -0.1) is 24.0 Å². The number of carbonyl (C=O) groups excluding carboxylic acids is 1. The van der Waals surface area contributed by atoms with Crippen LogP contribution in [0.2, 0.25) is 0 Å². The van der Waals surface area contributed by atoms with E-state index in [0.29, 0.717) is 42.8 Å². The topological polar surface area (TPSA) is 115 Å². The van der Waals surface area contributed by atoms with Gasteiger partial charge in [-0.2, -0.15) is 5.10 Å². The van der Waals surface area contributed by atoms with Gasteiger partial charge in [0, 0.05) is 45.3 Å². The molecule has 170 valence electrons. The van der Waals surface area contributed by atoms with Crippen LogP contribution >= 0.6 is 24.0 Å². The summed E-state index contributed by atoms with van der Waals surface area (Å²) < 4.78 is 12.2. The van der Waals surface area contributed by atoms with Gasteiger partial charge in [0.15, 0.2) is 11.8 Å². The number of nitrogens with zero attached hydrogens (tertiary/aromatic N) is 4. The average Bonchev–Trinajstić information content (AvgIpc) is 3.17. The third kappa shape index (κ3) is 7.06. The molecule has 1 amide bonds. The number of ether oxygens (including phenoxy) is 2. The van der Waals surface area contributed by atoms with Crippen LogP contribution in [0.5, 0.6) is 5.75 Å². The summed E-state index contributed by atoms with van der Waals surface area (Å²) >= 11 is 0. The number of aromatic nitrogens is 3. The minimum atomic E-state index is -0.142. The molecule has 2 heterocycles. The fourth-order valence-electron chi connectivity index (χ4n) is 3.28. The molecule has 1 atom stereocenters. The summed E-state index contributed by atoms with van der Waals surface area (Å²) in [5.74, 6) is 2.90. The first kappa shape index (κ1) is 24.9. The Kier molecular flexibility index (Phi) is 9.98. The molecule has 1 aliphatic rings. The Morgan fingerprint density at radius 3 is 2.84 bits per heavy atom. The van der Waals surface area contributed by atoms with Crippen molar-refractivity contribution in [2.45, 2.75) is 32.0 Å². The van der Waals surface area contributed by atoms with Gasteiger partial charge in [0.25, 0.3) is 5.91 Å². The van der Waals surface area contributed by atoms with E-state index in [1.54, 1.807) is 45.5 Å². The van der Waals surface area contributed by atoms with Gasteiger partial charge < -0.3 is 25.4 Å². The quantitative estimate of drug-likeness (QED) is 0.197. The van der Waals surface area contributed by atoms with Crippen molar-refractivity contribution in [2.24, 2.45) is 4.99 Å². The molecule has 3 rings (SSSR count). The second-order valence-electron chi connectivity index (χ2n) is 6.93. The van der Waals surface area contributed by atoms with Crippen LogP contribution in [0.25, 0.3) is 0 Å². The number of hydrogen-bond acceptors (Lipinski definition) is 6. The molecule has 0 aliphatic carbocycles. The summed E-state index contributed by atoms with van der Waals surface area (Å²) in [6, 6.07) is 7.27. The van der Waals surface area contributed by atoms with E-state index in [1.165, 1.54) is 0 Å². The Morgan fingerprint density at radius 1 is 1.29 bits per heavy atom. The van der Waals surface area contributed by atoms with Crippen LogP contribution in [0.15, 0.2) is 29.3 Å². The number of hydrogen-bond donors (Lipinski definition) is 3. The van der Waals surface area contributed by atoms with Gasteiger partial charge in [-0.25, -0.2) is 9.67 Å². The Balaban J connectivity index is 0.00000341. The normalized spacial score (nSPS) is 15.5. The number of fused-ring (bicyclic) bond motifs is 1. The highest BCUT2D eigenvalue weighted by Gasteiger charge is 2.22. The molecule has 0 saturated heterocycles. The maximum Gasteiger partial charge on any atom is 0.251 e. The smallest absolute Gasteiger partial charge is 0.251 e. The molecular weight excluding hydrogens is 513 g/mol. The highest BCUT2D eigenvalue weighted by molar-refractivity contribution is 14.0. The van der Waals surface area contributed by atoms with Crippen LogP contribution in [0.3, 0.4) is 0 Å². The lowest BCUT2D eigenvalue weighted by molar-refractivity contribution is 0.0954. The number of rotatable bonds is 8. The van der Waals surface area contributed by atoms with Crippen LogP contribution < -0.4 is 20.7 Å². The number of nitrogens with one attached hydrogen (secondary N) is 3. The van der Waals surface area contributed by atoms with Crippen LogP contribution in [0.1, 0.15) is 28.4 Å². The van der Waals surface area contributed by atoms with Gasteiger partial charge in [-0.1, -0.05) is 6.07 Å². The highest BCUT2D eigenvalue weighted by atomic mass is 127. The summed E-state index contributed by atoms with van der Waals surface area (Å²) in [6.45, 7) is 2.16. The first-order valence-electron chi connectivity index (χ1n) is 9.94. The van der Waals surface area contributed by atoms with Crippen molar-refractivity contribution in [1.29, 1.82) is 0 Å². The molecule has 1 aliphatic heterocycles. The molecule has 0 bridgehead atoms. The average molecular weight is 543 g/mol. The number of carbonyl (C=O) groups is 1. The summed E-state index contributed by atoms with van der Waals surface area (Å²) in [6.07, 6.45) is 1.79. The van der Waals surface area contributed by atoms with E-state index in [-0.39, 0.29) is 35.9 Å². The van der Waals surface area contributed by atoms with Crippen molar-refractivity contribution in [1.82, 2.24) is 30.7 Å². The van der Waals surface area contributed by atoms with Crippen LogP contribution in [0.4, 0.5) is 0 Å². The monoisotopic (exact) mass is 543 g/mol. The largest absolute Gasteiger partial charge is 0.497 e. The van der Waals surface area contributed by atoms with Crippen molar-refractivity contribution >= 4 is 35.8 Å². The zero-order valence-corrected chi connectivity index (χ0v) is 20.4. The van der Waals surface area contributed by atoms with Crippen molar-refractivity contribution in [2.75, 3.05) is 34.4 Å². The minimum Gasteiger partial charge on any atom is -0.497 e. The van der Waals surface area contributed by atoms with Crippen LogP contribution in [-0.2, 0) is 24.3 Å². The lowest BCUT2D eigenvalue weighted by Gasteiger charge is -2.25. The van der Waals surface area contributed by atoms with E-state index in [9.17, 15) is 4.79 Å². The number of methoxy groups -OCH3 is 2. The first-order chi connectivity index (χ1) is 14.6. The van der Waals surface area contributed by atoms with Crippen molar-refractivity contribution in [3.8, 4) is 5.75 Å².